The second kappa shape index (κ2) is 7.30. The van der Waals surface area contributed by atoms with Crippen molar-refractivity contribution in [2.45, 2.75) is 44.2 Å². The Labute approximate surface area is 131 Å². The maximum Gasteiger partial charge on any atom is 0.229 e. The Morgan fingerprint density at radius 3 is 2.52 bits per heavy atom. The predicted octanol–water partition coefficient (Wildman–Crippen LogP) is -2.13. The van der Waals surface area contributed by atoms with Gasteiger partial charge in [0.25, 0.3) is 0 Å². The lowest BCUT2D eigenvalue weighted by Gasteiger charge is -2.39. The molecule has 0 bridgehead atoms. The molecule has 2 heterocycles. The molecule has 1 saturated heterocycles. The number of aliphatic hydroxyl groups excluding tert-OH is 5. The summed E-state index contributed by atoms with van der Waals surface area (Å²) in [5.41, 5.74) is 0.573. The number of ether oxygens (including phenoxy) is 2. The molecule has 9 heteroatoms. The monoisotopic (exact) mass is 329 g/mol. The molecule has 1 fully saturated rings. The molecule has 0 radical (unpaired) electrons. The maximum atomic E-state index is 11.3. The van der Waals surface area contributed by atoms with Crippen LogP contribution < -0.4 is 4.74 Å². The van der Waals surface area contributed by atoms with Gasteiger partial charge in [0.15, 0.2) is 12.0 Å². The molecule has 0 aromatic carbocycles. The number of pyridine rings is 1. The summed E-state index contributed by atoms with van der Waals surface area (Å²) >= 11 is 0. The van der Waals surface area contributed by atoms with Gasteiger partial charge in [-0.3, -0.25) is 9.78 Å². The van der Waals surface area contributed by atoms with E-state index in [1.165, 1.54) is 6.20 Å². The van der Waals surface area contributed by atoms with E-state index in [0.29, 0.717) is 12.0 Å². The van der Waals surface area contributed by atoms with E-state index < -0.39 is 43.9 Å². The fourth-order valence-electron chi connectivity index (χ4n) is 2.33. The number of rotatable bonds is 5. The van der Waals surface area contributed by atoms with E-state index in [1.54, 1.807) is 6.92 Å². The van der Waals surface area contributed by atoms with Crippen molar-refractivity contribution in [2.24, 2.45) is 0 Å². The largest absolute Gasteiger partial charge is 0.459 e. The van der Waals surface area contributed by atoms with Gasteiger partial charge in [-0.15, -0.1) is 0 Å². The molecule has 5 N–H and O–H groups in total. The molecule has 0 saturated carbocycles. The van der Waals surface area contributed by atoms with Crippen molar-refractivity contribution in [3.05, 3.63) is 23.0 Å². The van der Waals surface area contributed by atoms with Crippen LogP contribution in [-0.4, -0.2) is 74.1 Å². The average molecular weight is 329 g/mol. The number of nitrogens with zero attached hydrogens (tertiary/aromatic N) is 1. The first-order chi connectivity index (χ1) is 10.9. The van der Waals surface area contributed by atoms with Gasteiger partial charge < -0.3 is 35.0 Å². The van der Waals surface area contributed by atoms with Crippen LogP contribution in [0.25, 0.3) is 0 Å². The van der Waals surface area contributed by atoms with Crippen LogP contribution in [0, 0.1) is 6.92 Å². The van der Waals surface area contributed by atoms with Crippen molar-refractivity contribution in [3.63, 3.8) is 0 Å². The zero-order chi connectivity index (χ0) is 17.1. The Kier molecular flexibility index (Phi) is 5.63. The SMILES string of the molecule is Cc1ncc(CO)c(C=O)c1O[C@@H]1O[C@H](CO)[C@@H](O)[C@H](O)[C@H]1O. The molecule has 0 aliphatic carbocycles. The summed E-state index contributed by atoms with van der Waals surface area (Å²) in [5.74, 6) is -0.0177. The van der Waals surface area contributed by atoms with Crippen LogP contribution >= 0.6 is 0 Å². The van der Waals surface area contributed by atoms with Gasteiger partial charge in [-0.1, -0.05) is 0 Å². The lowest BCUT2D eigenvalue weighted by molar-refractivity contribution is -0.277. The van der Waals surface area contributed by atoms with Crippen molar-refractivity contribution >= 4 is 6.29 Å². The number of carbonyl (C=O) groups excluding carboxylic acids is 1. The predicted molar refractivity (Wildman–Crippen MR) is 74.7 cm³/mol. The number of carbonyl (C=O) groups is 1. The van der Waals surface area contributed by atoms with E-state index >= 15 is 0 Å². The summed E-state index contributed by atoms with van der Waals surface area (Å²) in [6.07, 6.45) is -5.49. The van der Waals surface area contributed by atoms with Crippen molar-refractivity contribution in [3.8, 4) is 5.75 Å². The van der Waals surface area contributed by atoms with E-state index in [2.05, 4.69) is 4.98 Å². The quantitative estimate of drug-likeness (QED) is 0.382. The van der Waals surface area contributed by atoms with Gasteiger partial charge in [0.05, 0.1) is 24.5 Å². The second-order valence-electron chi connectivity index (χ2n) is 5.20. The molecule has 2 rings (SSSR count). The van der Waals surface area contributed by atoms with E-state index in [0.717, 1.165) is 0 Å². The van der Waals surface area contributed by atoms with E-state index in [9.17, 15) is 25.2 Å². The van der Waals surface area contributed by atoms with Crippen LogP contribution in [0.3, 0.4) is 0 Å². The number of hydrogen-bond acceptors (Lipinski definition) is 9. The van der Waals surface area contributed by atoms with Gasteiger partial charge in [0, 0.05) is 11.8 Å². The van der Waals surface area contributed by atoms with Gasteiger partial charge in [0.1, 0.15) is 24.4 Å². The minimum absolute atomic E-state index is 0.0177. The van der Waals surface area contributed by atoms with Gasteiger partial charge in [-0.05, 0) is 6.92 Å². The van der Waals surface area contributed by atoms with Gasteiger partial charge >= 0.3 is 0 Å². The fraction of sp³-hybridized carbons (Fsp3) is 0.571. The summed E-state index contributed by atoms with van der Waals surface area (Å²) in [7, 11) is 0. The highest BCUT2D eigenvalue weighted by Crippen LogP contribution is 2.29. The highest BCUT2D eigenvalue weighted by molar-refractivity contribution is 5.82. The highest BCUT2D eigenvalue weighted by Gasteiger charge is 2.45. The normalized spacial score (nSPS) is 31.0. The number of hydrogen-bond donors (Lipinski definition) is 5. The van der Waals surface area contributed by atoms with Crippen molar-refractivity contribution in [2.75, 3.05) is 6.61 Å². The second-order valence-corrected chi connectivity index (χ2v) is 5.20. The molecule has 1 aromatic heterocycles. The first-order valence-electron chi connectivity index (χ1n) is 6.96. The first-order valence-corrected chi connectivity index (χ1v) is 6.96. The summed E-state index contributed by atoms with van der Waals surface area (Å²) in [5, 5.41) is 47.8. The van der Waals surface area contributed by atoms with Crippen LogP contribution in [0.4, 0.5) is 0 Å². The minimum atomic E-state index is -1.61. The summed E-state index contributed by atoms with van der Waals surface area (Å²) in [4.78, 5) is 15.2. The molecular weight excluding hydrogens is 310 g/mol. The Hall–Kier alpha value is -1.62. The summed E-state index contributed by atoms with van der Waals surface area (Å²) < 4.78 is 10.7. The Morgan fingerprint density at radius 2 is 1.96 bits per heavy atom. The summed E-state index contributed by atoms with van der Waals surface area (Å²) in [6, 6.07) is 0. The number of aromatic nitrogens is 1. The molecule has 5 atom stereocenters. The van der Waals surface area contributed by atoms with Gasteiger partial charge in [-0.2, -0.15) is 0 Å². The topological polar surface area (TPSA) is 150 Å². The lowest BCUT2D eigenvalue weighted by Crippen LogP contribution is -2.60. The highest BCUT2D eigenvalue weighted by atomic mass is 16.7. The standard InChI is InChI=1S/C14H19NO8/c1-6-13(8(4-17)7(3-16)2-15-6)23-14-12(21)11(20)10(19)9(5-18)22-14/h2,4,9-12,14,16,18-21H,3,5H2,1H3/t9-,10-,11+,12-,14+/m1/s1. The number of aliphatic hydroxyl groups is 5. The van der Waals surface area contributed by atoms with E-state index in [4.69, 9.17) is 14.6 Å². The maximum absolute atomic E-state index is 11.3. The molecule has 0 unspecified atom stereocenters. The molecule has 0 spiro atoms. The number of aldehydes is 1. The Bertz CT molecular complexity index is 564. The molecule has 23 heavy (non-hydrogen) atoms. The third-order valence-corrected chi connectivity index (χ3v) is 3.70. The third-order valence-electron chi connectivity index (χ3n) is 3.70. The van der Waals surface area contributed by atoms with Crippen LogP contribution in [0.2, 0.25) is 0 Å². The smallest absolute Gasteiger partial charge is 0.229 e. The number of aryl methyl sites for hydroxylation is 1. The van der Waals surface area contributed by atoms with E-state index in [1.807, 2.05) is 0 Å². The lowest BCUT2D eigenvalue weighted by atomic mass is 9.99. The van der Waals surface area contributed by atoms with Crippen LogP contribution in [0.5, 0.6) is 5.75 Å². The Morgan fingerprint density at radius 1 is 1.26 bits per heavy atom. The van der Waals surface area contributed by atoms with Crippen LogP contribution in [0.1, 0.15) is 21.6 Å². The molecule has 0 amide bonds. The molecule has 9 nitrogen and oxygen atoms in total. The zero-order valence-electron chi connectivity index (χ0n) is 12.4. The van der Waals surface area contributed by atoms with Crippen molar-refractivity contribution < 1.29 is 39.8 Å². The minimum Gasteiger partial charge on any atom is -0.459 e. The van der Waals surface area contributed by atoms with E-state index in [-0.39, 0.29) is 16.9 Å². The van der Waals surface area contributed by atoms with Crippen LogP contribution in [0.15, 0.2) is 6.20 Å². The molecule has 1 aliphatic heterocycles. The average Bonchev–Trinajstić information content (AvgIpc) is 2.56. The molecule has 1 aliphatic rings. The van der Waals surface area contributed by atoms with Gasteiger partial charge in [-0.25, -0.2) is 0 Å². The molecular formula is C14H19NO8. The molecule has 1 aromatic rings. The zero-order valence-corrected chi connectivity index (χ0v) is 12.4. The summed E-state index contributed by atoms with van der Waals surface area (Å²) in [6.45, 7) is 0.513. The van der Waals surface area contributed by atoms with Crippen LogP contribution in [-0.2, 0) is 11.3 Å². The van der Waals surface area contributed by atoms with Crippen molar-refractivity contribution in [1.29, 1.82) is 0 Å². The Balaban J connectivity index is 2.32. The van der Waals surface area contributed by atoms with Crippen molar-refractivity contribution in [1.82, 2.24) is 4.98 Å². The van der Waals surface area contributed by atoms with Gasteiger partial charge in [0.2, 0.25) is 6.29 Å². The molecule has 128 valence electrons. The third kappa shape index (κ3) is 3.34. The first kappa shape index (κ1) is 17.7. The fourth-order valence-corrected chi connectivity index (χ4v) is 2.33.